The van der Waals surface area contributed by atoms with Gasteiger partial charge in [0.05, 0.1) is 25.2 Å². The van der Waals surface area contributed by atoms with Crippen LogP contribution in [0.2, 0.25) is 0 Å². The molecule has 3 amide bonds. The summed E-state index contributed by atoms with van der Waals surface area (Å²) < 4.78 is 14.0. The Morgan fingerprint density at radius 1 is 1.52 bits per heavy atom. The van der Waals surface area contributed by atoms with Gasteiger partial charge in [0, 0.05) is 18.8 Å². The van der Waals surface area contributed by atoms with E-state index in [0.29, 0.717) is 17.9 Å². The second-order valence-electron chi connectivity index (χ2n) is 6.49. The molecule has 1 aliphatic heterocycles. The molecule has 0 radical (unpaired) electrons. The monoisotopic (exact) mass is 381 g/mol. The van der Waals surface area contributed by atoms with Crippen LogP contribution >= 0.6 is 0 Å². The number of anilines is 1. The van der Waals surface area contributed by atoms with Crippen molar-refractivity contribution in [3.8, 4) is 0 Å². The number of hydroxylamine groups is 2. The molecule has 9 nitrogen and oxygen atoms in total. The third-order valence-corrected chi connectivity index (χ3v) is 4.43. The van der Waals surface area contributed by atoms with Gasteiger partial charge in [-0.2, -0.15) is 0 Å². The van der Waals surface area contributed by atoms with E-state index in [2.05, 4.69) is 15.3 Å². The van der Waals surface area contributed by atoms with E-state index in [0.717, 1.165) is 6.42 Å². The van der Waals surface area contributed by atoms with Crippen LogP contribution in [-0.2, 0) is 14.4 Å². The fourth-order valence-electron chi connectivity index (χ4n) is 3.10. The first-order valence-corrected chi connectivity index (χ1v) is 8.88. The second-order valence-corrected chi connectivity index (χ2v) is 6.49. The van der Waals surface area contributed by atoms with Crippen LogP contribution in [0.1, 0.15) is 32.6 Å². The molecule has 2 heterocycles. The molecule has 10 heteroatoms. The maximum Gasteiger partial charge on any atom is 0.248 e. The normalized spacial score (nSPS) is 20.2. The van der Waals surface area contributed by atoms with E-state index in [1.54, 1.807) is 0 Å². The van der Waals surface area contributed by atoms with Crippen LogP contribution in [0.25, 0.3) is 0 Å². The minimum absolute atomic E-state index is 0.116. The zero-order valence-corrected chi connectivity index (χ0v) is 15.1. The highest BCUT2D eigenvalue weighted by Crippen LogP contribution is 2.25. The Balaban J connectivity index is 2.12. The summed E-state index contributed by atoms with van der Waals surface area (Å²) in [6, 6.07) is -0.984. The molecule has 0 saturated carbocycles. The van der Waals surface area contributed by atoms with Crippen molar-refractivity contribution < 1.29 is 24.0 Å². The summed E-state index contributed by atoms with van der Waals surface area (Å²) in [6.45, 7) is 1.55. The minimum atomic E-state index is -1.32. The van der Waals surface area contributed by atoms with Crippen LogP contribution in [0.4, 0.5) is 10.2 Å². The van der Waals surface area contributed by atoms with Gasteiger partial charge in [0.25, 0.3) is 0 Å². The Bertz CT molecular complexity index is 647. The zero-order chi connectivity index (χ0) is 19.8. The van der Waals surface area contributed by atoms with Crippen LogP contribution in [0.5, 0.6) is 0 Å². The highest BCUT2D eigenvalue weighted by molar-refractivity contribution is 5.97. The Kier molecular flexibility index (Phi) is 7.59. The van der Waals surface area contributed by atoms with Gasteiger partial charge in [0.1, 0.15) is 12.2 Å². The number of nitrogens with one attached hydrogen (secondary N) is 1. The third kappa shape index (κ3) is 5.68. The SMILES string of the molecule is CCCC[C@H](CN(O)C=O)C(=O)N1C[C@H](F)C[C@H]1C(=O)Nc1cnccn1. The number of hydrogen-bond acceptors (Lipinski definition) is 6. The topological polar surface area (TPSA) is 116 Å². The highest BCUT2D eigenvalue weighted by atomic mass is 19.1. The number of likely N-dealkylation sites (tertiary alicyclic amines) is 1. The van der Waals surface area contributed by atoms with Gasteiger partial charge in [-0.05, 0) is 6.42 Å². The van der Waals surface area contributed by atoms with E-state index in [4.69, 9.17) is 0 Å². The van der Waals surface area contributed by atoms with E-state index in [9.17, 15) is 24.0 Å². The Morgan fingerprint density at radius 3 is 2.93 bits per heavy atom. The van der Waals surface area contributed by atoms with Crippen LogP contribution < -0.4 is 5.32 Å². The lowest BCUT2D eigenvalue weighted by atomic mass is 9.99. The predicted octanol–water partition coefficient (Wildman–Crippen LogP) is 1.01. The van der Waals surface area contributed by atoms with Gasteiger partial charge in [-0.15, -0.1) is 0 Å². The van der Waals surface area contributed by atoms with Gasteiger partial charge >= 0.3 is 0 Å². The van der Waals surface area contributed by atoms with E-state index < -0.39 is 29.9 Å². The molecule has 0 spiro atoms. The second kappa shape index (κ2) is 9.91. The van der Waals surface area contributed by atoms with Crippen molar-refractivity contribution in [3.05, 3.63) is 18.6 Å². The summed E-state index contributed by atoms with van der Waals surface area (Å²) in [5, 5.41) is 12.4. The first-order valence-electron chi connectivity index (χ1n) is 8.88. The van der Waals surface area contributed by atoms with Crippen LogP contribution in [0.15, 0.2) is 18.6 Å². The van der Waals surface area contributed by atoms with Crippen LogP contribution in [0, 0.1) is 5.92 Å². The Hall–Kier alpha value is -2.62. The summed E-state index contributed by atoms with van der Waals surface area (Å²) in [5.41, 5.74) is 0. The smallest absolute Gasteiger partial charge is 0.248 e. The maximum absolute atomic E-state index is 14.0. The lowest BCUT2D eigenvalue weighted by Gasteiger charge is -2.28. The van der Waals surface area contributed by atoms with Crippen molar-refractivity contribution in [1.82, 2.24) is 19.9 Å². The van der Waals surface area contributed by atoms with Crippen LogP contribution in [-0.4, -0.2) is 68.7 Å². The minimum Gasteiger partial charge on any atom is -0.327 e. The molecule has 1 aliphatic rings. The highest BCUT2D eigenvalue weighted by Gasteiger charge is 2.42. The van der Waals surface area contributed by atoms with E-state index in [1.165, 1.54) is 23.5 Å². The maximum atomic E-state index is 14.0. The number of carbonyl (C=O) groups excluding carboxylic acids is 3. The van der Waals surface area contributed by atoms with Gasteiger partial charge < -0.3 is 10.2 Å². The number of hydrogen-bond donors (Lipinski definition) is 2. The fourth-order valence-corrected chi connectivity index (χ4v) is 3.10. The van der Waals surface area contributed by atoms with Crippen molar-refractivity contribution in [1.29, 1.82) is 0 Å². The molecular formula is C17H24FN5O4. The van der Waals surface area contributed by atoms with Crippen LogP contribution in [0.3, 0.4) is 0 Å². The summed E-state index contributed by atoms with van der Waals surface area (Å²) >= 11 is 0. The third-order valence-electron chi connectivity index (χ3n) is 4.43. The summed E-state index contributed by atoms with van der Waals surface area (Å²) in [4.78, 5) is 45.1. The van der Waals surface area contributed by atoms with Crippen molar-refractivity contribution in [3.63, 3.8) is 0 Å². The number of alkyl halides is 1. The summed E-state index contributed by atoms with van der Waals surface area (Å²) in [6.07, 6.45) is 4.92. The fraction of sp³-hybridized carbons (Fsp3) is 0.588. The lowest BCUT2D eigenvalue weighted by molar-refractivity contribution is -0.157. The molecule has 2 rings (SSSR count). The van der Waals surface area contributed by atoms with Gasteiger partial charge in [-0.25, -0.2) is 14.4 Å². The largest absolute Gasteiger partial charge is 0.327 e. The standard InChI is InChI=1S/C17H24FN5O4/c1-2-3-4-12(9-22(27)11-24)17(26)23-10-13(18)7-14(23)16(25)21-15-8-19-5-6-20-15/h5-6,8,11-14,27H,2-4,7,9-10H2,1H3,(H,20,21,25)/t12-,13-,14+/m1/s1. The summed E-state index contributed by atoms with van der Waals surface area (Å²) in [7, 11) is 0. The number of carbonyl (C=O) groups is 3. The molecule has 27 heavy (non-hydrogen) atoms. The van der Waals surface area contributed by atoms with Crippen molar-refractivity contribution >= 4 is 24.0 Å². The molecule has 1 saturated heterocycles. The molecule has 0 aromatic carbocycles. The van der Waals surface area contributed by atoms with Crippen molar-refractivity contribution in [2.75, 3.05) is 18.4 Å². The average Bonchev–Trinajstić information content (AvgIpc) is 3.07. The van der Waals surface area contributed by atoms with Gasteiger partial charge in [0.2, 0.25) is 18.2 Å². The molecule has 148 valence electrons. The Morgan fingerprint density at radius 2 is 2.30 bits per heavy atom. The van der Waals surface area contributed by atoms with Gasteiger partial charge in [-0.1, -0.05) is 19.8 Å². The van der Waals surface area contributed by atoms with Crippen molar-refractivity contribution in [2.24, 2.45) is 5.92 Å². The van der Waals surface area contributed by atoms with E-state index in [1.807, 2.05) is 6.92 Å². The first kappa shape index (κ1) is 20.7. The van der Waals surface area contributed by atoms with Gasteiger partial charge in [-0.3, -0.25) is 24.6 Å². The van der Waals surface area contributed by atoms with Crippen molar-refractivity contribution in [2.45, 2.75) is 44.8 Å². The van der Waals surface area contributed by atoms with E-state index >= 15 is 0 Å². The molecule has 1 aromatic heterocycles. The lowest BCUT2D eigenvalue weighted by Crippen LogP contribution is -2.47. The zero-order valence-electron chi connectivity index (χ0n) is 15.1. The molecule has 0 aliphatic carbocycles. The number of amides is 3. The molecule has 1 fully saturated rings. The predicted molar refractivity (Wildman–Crippen MR) is 93.2 cm³/mol. The number of unbranched alkanes of at least 4 members (excludes halogenated alkanes) is 1. The molecule has 3 atom stereocenters. The number of nitrogens with zero attached hydrogens (tertiary/aromatic N) is 4. The summed E-state index contributed by atoms with van der Waals surface area (Å²) in [5.74, 6) is -1.50. The van der Waals surface area contributed by atoms with Gasteiger partial charge in [0.15, 0.2) is 5.82 Å². The molecular weight excluding hydrogens is 357 g/mol. The molecule has 0 unspecified atom stereocenters. The number of halogens is 1. The molecule has 0 bridgehead atoms. The first-order chi connectivity index (χ1) is 13.0. The molecule has 1 aromatic rings. The Labute approximate surface area is 156 Å². The van der Waals surface area contributed by atoms with E-state index in [-0.39, 0.29) is 31.7 Å². The number of rotatable bonds is 9. The molecule has 2 N–H and O–H groups in total. The average molecular weight is 381 g/mol. The quantitative estimate of drug-likeness (QED) is 0.375. The number of aromatic nitrogens is 2.